The van der Waals surface area contributed by atoms with Crippen LogP contribution in [0.3, 0.4) is 0 Å². The van der Waals surface area contributed by atoms with E-state index >= 15 is 0 Å². The smallest absolute Gasteiger partial charge is 0.270 e. The topological polar surface area (TPSA) is 101 Å². The molecule has 0 atom stereocenters. The van der Waals surface area contributed by atoms with Gasteiger partial charge in [-0.25, -0.2) is 0 Å². The first-order valence-electron chi connectivity index (χ1n) is 10.9. The summed E-state index contributed by atoms with van der Waals surface area (Å²) in [6.07, 6.45) is 4.93. The second-order valence-electron chi connectivity index (χ2n) is 9.82. The Morgan fingerprint density at radius 2 is 1.79 bits per heavy atom. The summed E-state index contributed by atoms with van der Waals surface area (Å²) in [5, 5.41) is 16.8. The lowest BCUT2D eigenvalue weighted by Crippen LogP contribution is -2.84. The quantitative estimate of drug-likeness (QED) is 0.496. The summed E-state index contributed by atoms with van der Waals surface area (Å²) in [5.41, 5.74) is -0.0161. The number of nitrogens with one attached hydrogen (secondary N) is 2. The van der Waals surface area contributed by atoms with Crippen molar-refractivity contribution in [2.24, 2.45) is 0 Å². The molecule has 0 unspecified atom stereocenters. The molecule has 2 bridgehead atoms. The highest BCUT2D eigenvalue weighted by Gasteiger charge is 2.69. The number of pyridine rings is 1. The maximum Gasteiger partial charge on any atom is 0.270 e. The second kappa shape index (κ2) is 8.78. The fourth-order valence-corrected chi connectivity index (χ4v) is 4.90. The molecular formula is C24H27Cl2N3O4. The van der Waals surface area contributed by atoms with E-state index in [0.29, 0.717) is 53.6 Å². The van der Waals surface area contributed by atoms with Crippen molar-refractivity contribution in [1.29, 1.82) is 0 Å². The Labute approximate surface area is 202 Å². The number of benzene rings is 1. The lowest BCUT2D eigenvalue weighted by atomic mass is 9.44. The van der Waals surface area contributed by atoms with Crippen molar-refractivity contribution in [3.05, 3.63) is 57.8 Å². The second-order valence-corrected chi connectivity index (χ2v) is 10.6. The first kappa shape index (κ1) is 23.8. The number of aliphatic hydroxyl groups is 1. The molecule has 2 aromatic rings. The van der Waals surface area contributed by atoms with E-state index in [9.17, 15) is 14.7 Å². The van der Waals surface area contributed by atoms with Crippen molar-refractivity contribution >= 4 is 35.0 Å². The fourth-order valence-electron chi connectivity index (χ4n) is 4.61. The van der Waals surface area contributed by atoms with Gasteiger partial charge in [0.05, 0.1) is 15.6 Å². The molecular weight excluding hydrogens is 465 g/mol. The largest absolute Gasteiger partial charge is 0.484 e. The molecule has 0 spiro atoms. The van der Waals surface area contributed by atoms with Crippen molar-refractivity contribution in [3.8, 4) is 5.75 Å². The lowest BCUT2D eigenvalue weighted by Gasteiger charge is -2.70. The number of rotatable bonds is 9. The number of carbonyl (C=O) groups excluding carboxylic acids is 2. The fraction of sp³-hybridized carbons (Fsp3) is 0.458. The molecule has 3 fully saturated rings. The average molecular weight is 492 g/mol. The van der Waals surface area contributed by atoms with Gasteiger partial charge in [0, 0.05) is 23.3 Å². The number of carbonyl (C=O) groups is 2. The van der Waals surface area contributed by atoms with Gasteiger partial charge >= 0.3 is 0 Å². The third-order valence-electron chi connectivity index (χ3n) is 6.16. The first-order chi connectivity index (χ1) is 15.5. The SMILES string of the molecule is CC(C)(O)CCc1ccnc(C(=O)NC23CC(NC(=O)COc4ccc(Cl)c(Cl)c4)(C2)C3)c1. The van der Waals surface area contributed by atoms with Gasteiger partial charge in [-0.1, -0.05) is 23.2 Å². The highest BCUT2D eigenvalue weighted by molar-refractivity contribution is 6.42. The van der Waals surface area contributed by atoms with E-state index in [1.165, 1.54) is 0 Å². The van der Waals surface area contributed by atoms with Crippen LogP contribution in [0.5, 0.6) is 5.75 Å². The summed E-state index contributed by atoms with van der Waals surface area (Å²) in [7, 11) is 0. The van der Waals surface area contributed by atoms with Crippen LogP contribution in [0.15, 0.2) is 36.5 Å². The van der Waals surface area contributed by atoms with Crippen molar-refractivity contribution in [2.45, 2.75) is 62.6 Å². The van der Waals surface area contributed by atoms with E-state index in [2.05, 4.69) is 15.6 Å². The average Bonchev–Trinajstić information content (AvgIpc) is 2.70. The maximum absolute atomic E-state index is 12.7. The summed E-state index contributed by atoms with van der Waals surface area (Å²) in [6.45, 7) is 3.40. The zero-order chi connectivity index (χ0) is 23.9. The number of hydrogen-bond donors (Lipinski definition) is 3. The van der Waals surface area contributed by atoms with Gasteiger partial charge in [0.2, 0.25) is 0 Å². The van der Waals surface area contributed by atoms with E-state index < -0.39 is 5.60 Å². The van der Waals surface area contributed by atoms with Crippen molar-refractivity contribution in [2.75, 3.05) is 6.61 Å². The molecule has 9 heteroatoms. The Hall–Kier alpha value is -2.35. The molecule has 0 aliphatic heterocycles. The van der Waals surface area contributed by atoms with E-state index in [0.717, 1.165) is 5.56 Å². The molecule has 5 rings (SSSR count). The van der Waals surface area contributed by atoms with Gasteiger partial charge in [0.15, 0.2) is 6.61 Å². The zero-order valence-electron chi connectivity index (χ0n) is 18.6. The zero-order valence-corrected chi connectivity index (χ0v) is 20.1. The van der Waals surface area contributed by atoms with Gasteiger partial charge in [-0.2, -0.15) is 0 Å². The number of amides is 2. The van der Waals surface area contributed by atoms with E-state index in [1.54, 1.807) is 44.3 Å². The highest BCUT2D eigenvalue weighted by atomic mass is 35.5. The number of aromatic nitrogens is 1. The van der Waals surface area contributed by atoms with Crippen molar-refractivity contribution in [3.63, 3.8) is 0 Å². The summed E-state index contributed by atoms with van der Waals surface area (Å²) >= 11 is 11.8. The minimum atomic E-state index is -0.761. The van der Waals surface area contributed by atoms with Crippen LogP contribution >= 0.6 is 23.2 Å². The van der Waals surface area contributed by atoms with Gasteiger partial charge in [-0.05, 0) is 75.8 Å². The molecule has 3 saturated carbocycles. The molecule has 0 saturated heterocycles. The molecule has 1 aromatic heterocycles. The summed E-state index contributed by atoms with van der Waals surface area (Å²) in [6, 6.07) is 8.46. The van der Waals surface area contributed by atoms with Gasteiger partial charge in [-0.15, -0.1) is 0 Å². The minimum absolute atomic E-state index is 0.125. The van der Waals surface area contributed by atoms with Gasteiger partial charge in [0.25, 0.3) is 11.8 Å². The number of aryl methyl sites for hydroxylation is 1. The van der Waals surface area contributed by atoms with Gasteiger partial charge in [0.1, 0.15) is 11.4 Å². The molecule has 3 aliphatic carbocycles. The van der Waals surface area contributed by atoms with Crippen LogP contribution in [0.2, 0.25) is 10.0 Å². The third kappa shape index (κ3) is 5.60. The third-order valence-corrected chi connectivity index (χ3v) is 6.90. The predicted octanol–water partition coefficient (Wildman–Crippen LogP) is 3.69. The van der Waals surface area contributed by atoms with Crippen LogP contribution in [0.1, 0.15) is 55.6 Å². The van der Waals surface area contributed by atoms with Crippen LogP contribution in [0, 0.1) is 0 Å². The number of nitrogens with zero attached hydrogens (tertiary/aromatic N) is 1. The standard InChI is InChI=1S/C24H27Cl2N3O4/c1-22(2,32)7-5-15-6-8-27-19(9-15)21(31)29-24-12-23(13-24,14-24)28-20(30)11-33-16-3-4-17(25)18(26)10-16/h3-4,6,8-10,32H,5,7,11-14H2,1-2H3,(H,28,30)(H,29,31). The minimum Gasteiger partial charge on any atom is -0.484 e. The molecule has 1 heterocycles. The molecule has 3 N–H and O–H groups in total. The molecule has 2 amide bonds. The highest BCUT2D eigenvalue weighted by Crippen LogP contribution is 2.60. The van der Waals surface area contributed by atoms with Crippen LogP contribution in [-0.2, 0) is 11.2 Å². The van der Waals surface area contributed by atoms with Crippen molar-refractivity contribution < 1.29 is 19.4 Å². The molecule has 3 aliphatic rings. The predicted molar refractivity (Wildman–Crippen MR) is 126 cm³/mol. The lowest BCUT2D eigenvalue weighted by molar-refractivity contribution is -0.141. The molecule has 176 valence electrons. The Balaban J connectivity index is 1.23. The van der Waals surface area contributed by atoms with Crippen LogP contribution in [0.25, 0.3) is 0 Å². The van der Waals surface area contributed by atoms with E-state index in [-0.39, 0.29) is 29.5 Å². The van der Waals surface area contributed by atoms with Crippen LogP contribution in [-0.4, -0.2) is 45.2 Å². The Morgan fingerprint density at radius 3 is 2.45 bits per heavy atom. The first-order valence-corrected chi connectivity index (χ1v) is 11.6. The van der Waals surface area contributed by atoms with Crippen LogP contribution in [0.4, 0.5) is 0 Å². The molecule has 7 nitrogen and oxygen atoms in total. The Kier molecular flexibility index (Phi) is 6.33. The number of hydrogen-bond acceptors (Lipinski definition) is 5. The van der Waals surface area contributed by atoms with Crippen molar-refractivity contribution in [1.82, 2.24) is 15.6 Å². The number of halogens is 2. The molecule has 33 heavy (non-hydrogen) atoms. The molecule has 1 aromatic carbocycles. The van der Waals surface area contributed by atoms with Crippen LogP contribution < -0.4 is 15.4 Å². The summed E-state index contributed by atoms with van der Waals surface area (Å²) in [5.74, 6) is 0.0303. The molecule has 0 radical (unpaired) electrons. The summed E-state index contributed by atoms with van der Waals surface area (Å²) < 4.78 is 5.49. The Morgan fingerprint density at radius 1 is 1.09 bits per heavy atom. The normalized spacial score (nSPS) is 23.2. The van der Waals surface area contributed by atoms with E-state index in [4.69, 9.17) is 27.9 Å². The number of ether oxygens (including phenoxy) is 1. The maximum atomic E-state index is 12.7. The van der Waals surface area contributed by atoms with E-state index in [1.807, 2.05) is 6.07 Å². The Bertz CT molecular complexity index is 1060. The monoisotopic (exact) mass is 491 g/mol. The summed E-state index contributed by atoms with van der Waals surface area (Å²) in [4.78, 5) is 29.2. The van der Waals surface area contributed by atoms with Gasteiger partial charge in [-0.3, -0.25) is 14.6 Å². The van der Waals surface area contributed by atoms with Gasteiger partial charge < -0.3 is 20.5 Å².